The van der Waals surface area contributed by atoms with Crippen LogP contribution in [0.2, 0.25) is 0 Å². The Morgan fingerprint density at radius 3 is 2.48 bits per heavy atom. The maximum Gasteiger partial charge on any atom is 0.326 e. The molecule has 0 radical (unpaired) electrons. The van der Waals surface area contributed by atoms with Crippen LogP contribution < -0.4 is 0 Å². The van der Waals surface area contributed by atoms with Gasteiger partial charge in [-0.05, 0) is 37.0 Å². The van der Waals surface area contributed by atoms with Gasteiger partial charge in [0.25, 0.3) is 0 Å². The van der Waals surface area contributed by atoms with Gasteiger partial charge in [0.05, 0.1) is 10.6 Å². The number of aryl methyl sites for hydroxylation is 1. The summed E-state index contributed by atoms with van der Waals surface area (Å²) in [4.78, 5) is 25.0. The van der Waals surface area contributed by atoms with Crippen molar-refractivity contribution in [3.8, 4) is 0 Å². The van der Waals surface area contributed by atoms with Crippen molar-refractivity contribution in [1.29, 1.82) is 0 Å². The average molecular weight is 339 g/mol. The van der Waals surface area contributed by atoms with E-state index in [0.717, 1.165) is 5.56 Å². The van der Waals surface area contributed by atoms with E-state index in [1.54, 1.807) is 31.2 Å². The summed E-state index contributed by atoms with van der Waals surface area (Å²) in [5.41, 5.74) is 0.861. The SMILES string of the molecule is CCS(=O)(=O)c1ccc(CCC(=O)N2CCC[C@@H]2C(=O)O)cc1. The summed E-state index contributed by atoms with van der Waals surface area (Å²) >= 11 is 0. The minimum Gasteiger partial charge on any atom is -0.480 e. The van der Waals surface area contributed by atoms with Crippen LogP contribution in [0, 0.1) is 0 Å². The molecule has 7 heteroatoms. The average Bonchev–Trinajstić information content (AvgIpc) is 3.03. The Balaban J connectivity index is 1.96. The summed E-state index contributed by atoms with van der Waals surface area (Å²) in [6, 6.07) is 5.80. The number of carboxylic acid groups (broad SMARTS) is 1. The molecule has 1 heterocycles. The van der Waals surface area contributed by atoms with Crippen molar-refractivity contribution in [3.05, 3.63) is 29.8 Å². The molecule has 0 spiro atoms. The van der Waals surface area contributed by atoms with Crippen LogP contribution in [0.15, 0.2) is 29.2 Å². The molecular weight excluding hydrogens is 318 g/mol. The van der Waals surface area contributed by atoms with Crippen molar-refractivity contribution in [3.63, 3.8) is 0 Å². The first-order chi connectivity index (χ1) is 10.8. The van der Waals surface area contributed by atoms with Gasteiger partial charge in [-0.2, -0.15) is 0 Å². The Labute approximate surface area is 136 Å². The molecule has 1 fully saturated rings. The zero-order chi connectivity index (χ0) is 17.0. The van der Waals surface area contributed by atoms with Gasteiger partial charge < -0.3 is 10.0 Å². The molecule has 23 heavy (non-hydrogen) atoms. The van der Waals surface area contributed by atoms with Crippen LogP contribution in [-0.2, 0) is 25.8 Å². The Bertz CT molecular complexity index is 681. The number of rotatable bonds is 6. The molecule has 1 saturated heterocycles. The Kier molecular flexibility index (Phi) is 5.41. The number of carbonyl (C=O) groups excluding carboxylic acids is 1. The normalized spacial score (nSPS) is 18.1. The van der Waals surface area contributed by atoms with Crippen molar-refractivity contribution in [2.45, 2.75) is 43.5 Å². The van der Waals surface area contributed by atoms with Crippen LogP contribution in [0.1, 0.15) is 31.7 Å². The molecule has 1 aromatic rings. The van der Waals surface area contributed by atoms with Gasteiger partial charge in [-0.3, -0.25) is 4.79 Å². The number of hydrogen-bond donors (Lipinski definition) is 1. The fraction of sp³-hybridized carbons (Fsp3) is 0.500. The molecule has 1 atom stereocenters. The standard InChI is InChI=1S/C16H21NO5S/c1-2-23(21,22)13-8-5-12(6-9-13)7-10-15(18)17-11-3-4-14(17)16(19)20/h5-6,8-9,14H,2-4,7,10-11H2,1H3,(H,19,20)/t14-/m1/s1. The van der Waals surface area contributed by atoms with Crippen LogP contribution >= 0.6 is 0 Å². The number of aliphatic carboxylic acids is 1. The number of hydrogen-bond acceptors (Lipinski definition) is 4. The molecule has 0 aliphatic carbocycles. The molecule has 0 unspecified atom stereocenters. The van der Waals surface area contributed by atoms with E-state index < -0.39 is 21.8 Å². The quantitative estimate of drug-likeness (QED) is 0.848. The number of carboxylic acids is 1. The van der Waals surface area contributed by atoms with Gasteiger partial charge in [-0.1, -0.05) is 19.1 Å². The molecule has 1 aliphatic rings. The summed E-state index contributed by atoms with van der Waals surface area (Å²) in [5, 5.41) is 9.10. The van der Waals surface area contributed by atoms with E-state index in [0.29, 0.717) is 25.8 Å². The van der Waals surface area contributed by atoms with Crippen LogP contribution in [0.5, 0.6) is 0 Å². The van der Waals surface area contributed by atoms with Crippen LogP contribution in [-0.4, -0.2) is 48.6 Å². The second kappa shape index (κ2) is 7.12. The maximum atomic E-state index is 12.2. The lowest BCUT2D eigenvalue weighted by Crippen LogP contribution is -2.40. The molecule has 0 bridgehead atoms. The van der Waals surface area contributed by atoms with Gasteiger partial charge in [0.15, 0.2) is 9.84 Å². The summed E-state index contributed by atoms with van der Waals surface area (Å²) in [6.45, 7) is 2.08. The van der Waals surface area contributed by atoms with Gasteiger partial charge in [-0.15, -0.1) is 0 Å². The van der Waals surface area contributed by atoms with Gasteiger partial charge >= 0.3 is 5.97 Å². The molecule has 126 valence electrons. The number of amides is 1. The molecular formula is C16H21NO5S. The van der Waals surface area contributed by atoms with Crippen LogP contribution in [0.3, 0.4) is 0 Å². The molecule has 1 N–H and O–H groups in total. The smallest absolute Gasteiger partial charge is 0.326 e. The van der Waals surface area contributed by atoms with E-state index in [4.69, 9.17) is 5.11 Å². The fourth-order valence-electron chi connectivity index (χ4n) is 2.75. The molecule has 1 aromatic carbocycles. The molecule has 2 rings (SSSR count). The highest BCUT2D eigenvalue weighted by molar-refractivity contribution is 7.91. The number of likely N-dealkylation sites (tertiary alicyclic amines) is 1. The van der Waals surface area contributed by atoms with Gasteiger partial charge in [0.2, 0.25) is 5.91 Å². The first-order valence-corrected chi connectivity index (χ1v) is 9.34. The topological polar surface area (TPSA) is 91.8 Å². The van der Waals surface area contributed by atoms with Crippen LogP contribution in [0.4, 0.5) is 0 Å². The van der Waals surface area contributed by atoms with Crippen molar-refractivity contribution >= 4 is 21.7 Å². The van der Waals surface area contributed by atoms with E-state index in [-0.39, 0.29) is 23.0 Å². The van der Waals surface area contributed by atoms with Crippen LogP contribution in [0.25, 0.3) is 0 Å². The minimum absolute atomic E-state index is 0.0520. The zero-order valence-electron chi connectivity index (χ0n) is 13.1. The zero-order valence-corrected chi connectivity index (χ0v) is 13.9. The van der Waals surface area contributed by atoms with Gasteiger partial charge in [-0.25, -0.2) is 13.2 Å². The molecule has 0 aromatic heterocycles. The highest BCUT2D eigenvalue weighted by Crippen LogP contribution is 2.19. The third-order valence-electron chi connectivity index (χ3n) is 4.15. The second-order valence-electron chi connectivity index (χ2n) is 5.63. The Hall–Kier alpha value is -1.89. The third kappa shape index (κ3) is 4.10. The predicted molar refractivity (Wildman–Crippen MR) is 84.9 cm³/mol. The monoisotopic (exact) mass is 339 g/mol. The van der Waals surface area contributed by atoms with Crippen molar-refractivity contribution in [1.82, 2.24) is 4.90 Å². The predicted octanol–water partition coefficient (Wildman–Crippen LogP) is 1.49. The lowest BCUT2D eigenvalue weighted by atomic mass is 10.1. The van der Waals surface area contributed by atoms with E-state index in [9.17, 15) is 18.0 Å². The number of sulfone groups is 1. The van der Waals surface area contributed by atoms with E-state index in [1.165, 1.54) is 4.90 Å². The summed E-state index contributed by atoms with van der Waals surface area (Å²) in [6.07, 6.45) is 1.91. The Morgan fingerprint density at radius 2 is 1.91 bits per heavy atom. The van der Waals surface area contributed by atoms with Crippen molar-refractivity contribution in [2.24, 2.45) is 0 Å². The highest BCUT2D eigenvalue weighted by Gasteiger charge is 2.33. The van der Waals surface area contributed by atoms with Crippen molar-refractivity contribution < 1.29 is 23.1 Å². The van der Waals surface area contributed by atoms with E-state index in [2.05, 4.69) is 0 Å². The molecule has 0 saturated carbocycles. The summed E-state index contributed by atoms with van der Waals surface area (Å²) in [5.74, 6) is -1.07. The second-order valence-corrected chi connectivity index (χ2v) is 7.91. The minimum atomic E-state index is -3.22. The van der Waals surface area contributed by atoms with Gasteiger partial charge in [0, 0.05) is 13.0 Å². The molecule has 1 aliphatic heterocycles. The van der Waals surface area contributed by atoms with Crippen molar-refractivity contribution in [2.75, 3.05) is 12.3 Å². The fourth-order valence-corrected chi connectivity index (χ4v) is 3.63. The third-order valence-corrected chi connectivity index (χ3v) is 5.90. The molecule has 1 amide bonds. The first-order valence-electron chi connectivity index (χ1n) is 7.69. The number of benzene rings is 1. The first kappa shape index (κ1) is 17.5. The summed E-state index contributed by atoms with van der Waals surface area (Å²) < 4.78 is 23.5. The number of nitrogens with zero attached hydrogens (tertiary/aromatic N) is 1. The van der Waals surface area contributed by atoms with E-state index in [1.807, 2.05) is 0 Å². The highest BCUT2D eigenvalue weighted by atomic mass is 32.2. The molecule has 6 nitrogen and oxygen atoms in total. The Morgan fingerprint density at radius 1 is 1.26 bits per heavy atom. The number of carbonyl (C=O) groups is 2. The lowest BCUT2D eigenvalue weighted by molar-refractivity contribution is -0.148. The lowest BCUT2D eigenvalue weighted by Gasteiger charge is -2.21. The maximum absolute atomic E-state index is 12.2. The summed E-state index contributed by atoms with van der Waals surface area (Å²) in [7, 11) is -3.22. The van der Waals surface area contributed by atoms with Gasteiger partial charge in [0.1, 0.15) is 6.04 Å². The largest absolute Gasteiger partial charge is 0.480 e. The van der Waals surface area contributed by atoms with E-state index >= 15 is 0 Å².